The number of H-pyrrole nitrogens is 1. The largest absolute Gasteiger partial charge is 0.497 e. The summed E-state index contributed by atoms with van der Waals surface area (Å²) >= 11 is 1.55. The molecule has 0 bridgehead atoms. The van der Waals surface area contributed by atoms with Crippen LogP contribution in [-0.4, -0.2) is 51.3 Å². The van der Waals surface area contributed by atoms with Gasteiger partial charge in [0.05, 0.1) is 23.9 Å². The molecule has 32 heavy (non-hydrogen) atoms. The molecular formula is C25H28N4O2S. The van der Waals surface area contributed by atoms with Gasteiger partial charge in [-0.2, -0.15) is 0 Å². The maximum absolute atomic E-state index is 12.9. The number of ether oxygens (including phenoxy) is 1. The fourth-order valence-electron chi connectivity index (χ4n) is 4.71. The second kappa shape index (κ2) is 8.90. The van der Waals surface area contributed by atoms with Gasteiger partial charge in [-0.3, -0.25) is 4.79 Å². The number of piperidine rings is 1. The number of rotatable bonds is 6. The van der Waals surface area contributed by atoms with E-state index in [1.54, 1.807) is 18.9 Å². The van der Waals surface area contributed by atoms with Crippen molar-refractivity contribution in [2.24, 2.45) is 0 Å². The highest BCUT2D eigenvalue weighted by atomic mass is 32.2. The minimum absolute atomic E-state index is 0.198. The molecule has 1 fully saturated rings. The molecule has 0 atom stereocenters. The van der Waals surface area contributed by atoms with E-state index in [1.165, 1.54) is 10.9 Å². The van der Waals surface area contributed by atoms with Crippen LogP contribution in [0.3, 0.4) is 0 Å². The van der Waals surface area contributed by atoms with Gasteiger partial charge in [-0.05, 0) is 61.6 Å². The molecular weight excluding hydrogens is 420 g/mol. The van der Waals surface area contributed by atoms with Crippen molar-refractivity contribution < 1.29 is 9.53 Å². The van der Waals surface area contributed by atoms with Gasteiger partial charge in [0.15, 0.2) is 5.16 Å². The minimum atomic E-state index is 0.198. The standard InChI is InChI=1S/C25H28N4O2S/c1-3-29-23-7-5-4-6-22(23)27-25(29)32-16-24(30)28-12-10-17(11-13-28)20-15-26-21-9-8-18(31-2)14-19(20)21/h4-9,14-15,17,26H,3,10-13,16H2,1-2H3. The number of para-hydroxylation sites is 2. The Labute approximate surface area is 192 Å². The van der Waals surface area contributed by atoms with Crippen LogP contribution >= 0.6 is 11.8 Å². The van der Waals surface area contributed by atoms with Gasteiger partial charge in [0.25, 0.3) is 0 Å². The number of methoxy groups -OCH3 is 1. The molecule has 0 radical (unpaired) electrons. The first-order valence-electron chi connectivity index (χ1n) is 11.2. The quantitative estimate of drug-likeness (QED) is 0.420. The predicted molar refractivity (Wildman–Crippen MR) is 130 cm³/mol. The Bertz CT molecular complexity index is 1250. The molecule has 1 aliphatic heterocycles. The third-order valence-electron chi connectivity index (χ3n) is 6.47. The van der Waals surface area contributed by atoms with E-state index in [4.69, 9.17) is 9.72 Å². The molecule has 5 rings (SSSR count). The van der Waals surface area contributed by atoms with Gasteiger partial charge in [-0.15, -0.1) is 0 Å². The van der Waals surface area contributed by atoms with Gasteiger partial charge in [0.1, 0.15) is 5.75 Å². The lowest BCUT2D eigenvalue weighted by Crippen LogP contribution is -2.38. The SMILES string of the molecule is CCn1c(SCC(=O)N2CCC(c3c[nH]c4ccc(OC)cc34)CC2)nc2ccccc21. The van der Waals surface area contributed by atoms with Crippen molar-refractivity contribution in [2.75, 3.05) is 26.0 Å². The zero-order valence-corrected chi connectivity index (χ0v) is 19.3. The first-order valence-corrected chi connectivity index (χ1v) is 12.2. The van der Waals surface area contributed by atoms with E-state index in [2.05, 4.69) is 40.9 Å². The number of aryl methyl sites for hydroxylation is 1. The van der Waals surface area contributed by atoms with Crippen molar-refractivity contribution in [1.82, 2.24) is 19.4 Å². The molecule has 0 unspecified atom stereocenters. The highest BCUT2D eigenvalue weighted by Gasteiger charge is 2.26. The molecule has 0 saturated carbocycles. The van der Waals surface area contributed by atoms with E-state index in [9.17, 15) is 4.79 Å². The summed E-state index contributed by atoms with van der Waals surface area (Å²) in [6.07, 6.45) is 4.08. The van der Waals surface area contributed by atoms with Crippen LogP contribution in [-0.2, 0) is 11.3 Å². The van der Waals surface area contributed by atoms with Crippen molar-refractivity contribution in [1.29, 1.82) is 0 Å². The summed E-state index contributed by atoms with van der Waals surface area (Å²) in [4.78, 5) is 23.0. The molecule has 166 valence electrons. The lowest BCUT2D eigenvalue weighted by atomic mass is 9.89. The third kappa shape index (κ3) is 3.86. The van der Waals surface area contributed by atoms with E-state index in [1.807, 2.05) is 29.2 Å². The summed E-state index contributed by atoms with van der Waals surface area (Å²) in [6, 6.07) is 14.3. The van der Waals surface area contributed by atoms with Crippen LogP contribution in [0.2, 0.25) is 0 Å². The number of hydrogen-bond acceptors (Lipinski definition) is 4. The van der Waals surface area contributed by atoms with Gasteiger partial charge < -0.3 is 19.2 Å². The number of amides is 1. The summed E-state index contributed by atoms with van der Waals surface area (Å²) in [7, 11) is 1.70. The Kier molecular flexibility index (Phi) is 5.83. The maximum atomic E-state index is 12.9. The number of nitrogens with one attached hydrogen (secondary N) is 1. The summed E-state index contributed by atoms with van der Waals surface area (Å²) in [6.45, 7) is 4.55. The highest BCUT2D eigenvalue weighted by molar-refractivity contribution is 7.99. The second-order valence-electron chi connectivity index (χ2n) is 8.23. The van der Waals surface area contributed by atoms with Gasteiger partial charge >= 0.3 is 0 Å². The maximum Gasteiger partial charge on any atom is 0.233 e. The number of aromatic amines is 1. The molecule has 0 spiro atoms. The van der Waals surface area contributed by atoms with Crippen LogP contribution in [0.25, 0.3) is 21.9 Å². The number of carbonyl (C=O) groups excluding carboxylic acids is 1. The van der Waals surface area contributed by atoms with E-state index in [0.29, 0.717) is 11.7 Å². The number of carbonyl (C=O) groups is 1. The summed E-state index contributed by atoms with van der Waals surface area (Å²) in [5.41, 5.74) is 4.58. The number of hydrogen-bond donors (Lipinski definition) is 1. The average Bonchev–Trinajstić information content (AvgIpc) is 3.43. The van der Waals surface area contributed by atoms with Gasteiger partial charge in [-0.1, -0.05) is 23.9 Å². The molecule has 3 heterocycles. The van der Waals surface area contributed by atoms with Gasteiger partial charge in [0, 0.05) is 36.7 Å². The van der Waals surface area contributed by atoms with Crippen molar-refractivity contribution in [3.63, 3.8) is 0 Å². The number of nitrogens with zero attached hydrogens (tertiary/aromatic N) is 3. The Morgan fingerprint density at radius 1 is 1.22 bits per heavy atom. The summed E-state index contributed by atoms with van der Waals surface area (Å²) < 4.78 is 7.59. The highest BCUT2D eigenvalue weighted by Crippen LogP contribution is 2.35. The Balaban J connectivity index is 1.22. The summed E-state index contributed by atoms with van der Waals surface area (Å²) in [5, 5.41) is 2.15. The normalized spacial score (nSPS) is 15.0. The molecule has 0 aliphatic carbocycles. The van der Waals surface area contributed by atoms with Crippen molar-refractivity contribution in [3.05, 3.63) is 54.2 Å². The first-order chi connectivity index (χ1) is 15.7. The number of fused-ring (bicyclic) bond motifs is 2. The van der Waals surface area contributed by atoms with E-state index in [0.717, 1.165) is 59.9 Å². The monoisotopic (exact) mass is 448 g/mol. The number of imidazole rings is 1. The average molecular weight is 449 g/mol. The summed E-state index contributed by atoms with van der Waals surface area (Å²) in [5.74, 6) is 1.96. The van der Waals surface area contributed by atoms with Gasteiger partial charge in [-0.25, -0.2) is 4.98 Å². The Morgan fingerprint density at radius 2 is 2.03 bits per heavy atom. The van der Waals surface area contributed by atoms with Crippen LogP contribution in [0.15, 0.2) is 53.8 Å². The molecule has 1 N–H and O–H groups in total. The molecule has 4 aromatic rings. The smallest absolute Gasteiger partial charge is 0.233 e. The van der Waals surface area contributed by atoms with Crippen LogP contribution in [0, 0.1) is 0 Å². The number of aromatic nitrogens is 3. The van der Waals surface area contributed by atoms with Crippen LogP contribution in [0.5, 0.6) is 5.75 Å². The molecule has 2 aromatic carbocycles. The number of likely N-dealkylation sites (tertiary alicyclic amines) is 1. The number of benzene rings is 2. The first kappa shape index (κ1) is 20.9. The Morgan fingerprint density at radius 3 is 2.81 bits per heavy atom. The molecule has 1 saturated heterocycles. The fourth-order valence-corrected chi connectivity index (χ4v) is 5.69. The van der Waals surface area contributed by atoms with Crippen LogP contribution in [0.1, 0.15) is 31.2 Å². The molecule has 7 heteroatoms. The van der Waals surface area contributed by atoms with Crippen LogP contribution < -0.4 is 4.74 Å². The topological polar surface area (TPSA) is 63.2 Å². The van der Waals surface area contributed by atoms with E-state index < -0.39 is 0 Å². The minimum Gasteiger partial charge on any atom is -0.497 e. The predicted octanol–water partition coefficient (Wildman–Crippen LogP) is 5.04. The zero-order valence-electron chi connectivity index (χ0n) is 18.5. The number of thioether (sulfide) groups is 1. The van der Waals surface area contributed by atoms with Crippen molar-refractivity contribution in [3.8, 4) is 5.75 Å². The second-order valence-corrected chi connectivity index (χ2v) is 9.17. The van der Waals surface area contributed by atoms with E-state index in [-0.39, 0.29) is 5.91 Å². The molecule has 2 aromatic heterocycles. The van der Waals surface area contributed by atoms with Gasteiger partial charge in [0.2, 0.25) is 5.91 Å². The molecule has 6 nitrogen and oxygen atoms in total. The van der Waals surface area contributed by atoms with Crippen molar-refractivity contribution >= 4 is 39.6 Å². The zero-order chi connectivity index (χ0) is 22.1. The van der Waals surface area contributed by atoms with Crippen LogP contribution in [0.4, 0.5) is 0 Å². The lowest BCUT2D eigenvalue weighted by molar-refractivity contribution is -0.129. The molecule has 1 amide bonds. The van der Waals surface area contributed by atoms with Crippen molar-refractivity contribution in [2.45, 2.75) is 37.4 Å². The van der Waals surface area contributed by atoms with E-state index >= 15 is 0 Å². The lowest BCUT2D eigenvalue weighted by Gasteiger charge is -2.32. The third-order valence-corrected chi connectivity index (χ3v) is 7.43. The Hall–Kier alpha value is -2.93. The fraction of sp³-hybridized carbons (Fsp3) is 0.360. The molecule has 1 aliphatic rings.